The van der Waals surface area contributed by atoms with Crippen LogP contribution >= 0.6 is 0 Å². The fourth-order valence-corrected chi connectivity index (χ4v) is 2.20. The van der Waals surface area contributed by atoms with Crippen LogP contribution in [0.1, 0.15) is 6.92 Å². The molecule has 2 aromatic carbocycles. The highest BCUT2D eigenvalue weighted by atomic mass is 16.6. The van der Waals surface area contributed by atoms with E-state index < -0.39 is 0 Å². The lowest BCUT2D eigenvalue weighted by Gasteiger charge is -2.10. The predicted molar refractivity (Wildman–Crippen MR) is 104 cm³/mol. The van der Waals surface area contributed by atoms with Gasteiger partial charge < -0.3 is 30.0 Å². The van der Waals surface area contributed by atoms with Crippen molar-refractivity contribution in [3.63, 3.8) is 0 Å². The van der Waals surface area contributed by atoms with Crippen LogP contribution in [-0.4, -0.2) is 45.5 Å². The van der Waals surface area contributed by atoms with Crippen molar-refractivity contribution in [2.45, 2.75) is 6.92 Å². The summed E-state index contributed by atoms with van der Waals surface area (Å²) in [6.07, 6.45) is 0. The predicted octanol–water partition coefficient (Wildman–Crippen LogP) is 2.72. The van der Waals surface area contributed by atoms with Crippen molar-refractivity contribution in [1.29, 1.82) is 0 Å². The molecule has 0 aliphatic heterocycles. The Hall–Kier alpha value is -2.77. The zero-order chi connectivity index (χ0) is 19.3. The Kier molecular flexibility index (Phi) is 8.95. The van der Waals surface area contributed by atoms with Gasteiger partial charge in [-0.05, 0) is 36.4 Å². The van der Waals surface area contributed by atoms with E-state index in [1.807, 2.05) is 18.2 Å². The zero-order valence-electron chi connectivity index (χ0n) is 15.5. The summed E-state index contributed by atoms with van der Waals surface area (Å²) in [6, 6.07) is 14.5. The number of nitrogen functional groups attached to an aromatic ring is 1. The molecule has 2 aromatic rings. The van der Waals surface area contributed by atoms with Gasteiger partial charge in [-0.25, -0.2) is 0 Å². The van der Waals surface area contributed by atoms with Gasteiger partial charge >= 0.3 is 0 Å². The van der Waals surface area contributed by atoms with Crippen LogP contribution in [-0.2, 0) is 14.3 Å². The maximum Gasteiger partial charge on any atom is 0.221 e. The number of hydrogen-bond acceptors (Lipinski definition) is 6. The van der Waals surface area contributed by atoms with Gasteiger partial charge in [0.05, 0.1) is 32.1 Å². The number of rotatable bonds is 12. The maximum atomic E-state index is 11.0. The molecular formula is C20H26N2O5. The molecule has 0 saturated heterocycles. The maximum absolute atomic E-state index is 11.0. The third-order valence-electron chi connectivity index (χ3n) is 3.45. The van der Waals surface area contributed by atoms with E-state index >= 15 is 0 Å². The van der Waals surface area contributed by atoms with Gasteiger partial charge in [0.1, 0.15) is 24.7 Å². The number of carbonyl (C=O) groups excluding carboxylic acids is 1. The summed E-state index contributed by atoms with van der Waals surface area (Å²) in [5, 5.41) is 2.70. The Morgan fingerprint density at radius 2 is 1.44 bits per heavy atom. The molecule has 1 amide bonds. The summed E-state index contributed by atoms with van der Waals surface area (Å²) in [7, 11) is 0. The summed E-state index contributed by atoms with van der Waals surface area (Å²) in [5.74, 6) is 1.29. The first-order valence-corrected chi connectivity index (χ1v) is 8.78. The van der Waals surface area contributed by atoms with Gasteiger partial charge in [-0.3, -0.25) is 4.79 Å². The molecular weight excluding hydrogens is 348 g/mol. The van der Waals surface area contributed by atoms with E-state index in [1.165, 1.54) is 6.92 Å². The van der Waals surface area contributed by atoms with Crippen LogP contribution in [0.4, 0.5) is 11.4 Å². The highest BCUT2D eigenvalue weighted by Crippen LogP contribution is 2.19. The monoisotopic (exact) mass is 374 g/mol. The summed E-state index contributed by atoms with van der Waals surface area (Å²) in [5.41, 5.74) is 7.14. The van der Waals surface area contributed by atoms with Crippen molar-refractivity contribution in [2.24, 2.45) is 0 Å². The first kappa shape index (κ1) is 20.5. The van der Waals surface area contributed by atoms with Crippen LogP contribution in [0.25, 0.3) is 0 Å². The first-order chi connectivity index (χ1) is 13.1. The van der Waals surface area contributed by atoms with Crippen molar-refractivity contribution < 1.29 is 23.7 Å². The van der Waals surface area contributed by atoms with Crippen LogP contribution < -0.4 is 20.5 Å². The molecule has 0 atom stereocenters. The second-order valence-electron chi connectivity index (χ2n) is 5.67. The van der Waals surface area contributed by atoms with Crippen LogP contribution in [0.3, 0.4) is 0 Å². The summed E-state index contributed by atoms with van der Waals surface area (Å²) >= 11 is 0. The third kappa shape index (κ3) is 8.44. The number of nitrogens with two attached hydrogens (primary N) is 1. The molecule has 7 nitrogen and oxygen atoms in total. The van der Waals surface area contributed by atoms with Crippen molar-refractivity contribution in [3.05, 3.63) is 48.5 Å². The molecule has 0 aromatic heterocycles. The van der Waals surface area contributed by atoms with E-state index in [-0.39, 0.29) is 5.91 Å². The molecule has 0 saturated carbocycles. The van der Waals surface area contributed by atoms with E-state index in [1.54, 1.807) is 30.3 Å². The van der Waals surface area contributed by atoms with E-state index in [0.717, 1.165) is 11.4 Å². The molecule has 0 aliphatic rings. The average Bonchev–Trinajstić information content (AvgIpc) is 2.65. The van der Waals surface area contributed by atoms with E-state index in [0.29, 0.717) is 51.1 Å². The molecule has 2 rings (SSSR count). The van der Waals surface area contributed by atoms with Crippen molar-refractivity contribution in [1.82, 2.24) is 0 Å². The lowest BCUT2D eigenvalue weighted by atomic mass is 10.3. The molecule has 0 spiro atoms. The Morgan fingerprint density at radius 3 is 2.07 bits per heavy atom. The molecule has 0 aliphatic carbocycles. The van der Waals surface area contributed by atoms with Gasteiger partial charge in [-0.1, -0.05) is 12.1 Å². The topological polar surface area (TPSA) is 92.0 Å². The molecule has 0 radical (unpaired) electrons. The molecule has 3 N–H and O–H groups in total. The summed E-state index contributed by atoms with van der Waals surface area (Å²) < 4.78 is 22.0. The number of hydrogen-bond donors (Lipinski definition) is 2. The first-order valence-electron chi connectivity index (χ1n) is 8.78. The lowest BCUT2D eigenvalue weighted by molar-refractivity contribution is -0.114. The highest BCUT2D eigenvalue weighted by molar-refractivity contribution is 5.88. The number of ether oxygens (including phenoxy) is 4. The van der Waals surface area contributed by atoms with Gasteiger partial charge in [-0.15, -0.1) is 0 Å². The molecule has 7 heteroatoms. The average molecular weight is 374 g/mol. The largest absolute Gasteiger partial charge is 0.491 e. The molecule has 0 bridgehead atoms. The standard InChI is InChI=1S/C20H26N2O5/c1-16(23)22-17-6-8-18(9-7-17)26-14-12-24-10-11-25-13-15-27-20-5-3-2-4-19(20)21/h2-9H,10-15,21H2,1H3,(H,22,23). The number of carbonyl (C=O) groups is 1. The van der Waals surface area contributed by atoms with Gasteiger partial charge in [0.25, 0.3) is 0 Å². The Bertz CT molecular complexity index is 691. The Morgan fingerprint density at radius 1 is 0.852 bits per heavy atom. The van der Waals surface area contributed by atoms with Crippen LogP contribution in [0.2, 0.25) is 0 Å². The van der Waals surface area contributed by atoms with Crippen LogP contribution in [0.5, 0.6) is 11.5 Å². The fourth-order valence-electron chi connectivity index (χ4n) is 2.20. The second kappa shape index (κ2) is 11.8. The Balaban J connectivity index is 1.44. The molecule has 27 heavy (non-hydrogen) atoms. The van der Waals surface area contributed by atoms with Crippen molar-refractivity contribution in [3.8, 4) is 11.5 Å². The fraction of sp³-hybridized carbons (Fsp3) is 0.350. The van der Waals surface area contributed by atoms with Crippen molar-refractivity contribution >= 4 is 17.3 Å². The summed E-state index contributed by atoms with van der Waals surface area (Å²) in [6.45, 7) is 4.25. The number of amides is 1. The minimum absolute atomic E-state index is 0.102. The normalized spacial score (nSPS) is 10.4. The Labute approximate surface area is 159 Å². The number of nitrogens with one attached hydrogen (secondary N) is 1. The summed E-state index contributed by atoms with van der Waals surface area (Å²) in [4.78, 5) is 11.0. The van der Waals surface area contributed by atoms with E-state index in [9.17, 15) is 4.79 Å². The minimum Gasteiger partial charge on any atom is -0.491 e. The lowest BCUT2D eigenvalue weighted by Crippen LogP contribution is -2.13. The van der Waals surface area contributed by atoms with Crippen LogP contribution in [0, 0.1) is 0 Å². The third-order valence-corrected chi connectivity index (χ3v) is 3.45. The van der Waals surface area contributed by atoms with E-state index in [2.05, 4.69) is 5.32 Å². The van der Waals surface area contributed by atoms with Gasteiger partial charge in [0.15, 0.2) is 0 Å². The van der Waals surface area contributed by atoms with E-state index in [4.69, 9.17) is 24.7 Å². The number of anilines is 2. The SMILES string of the molecule is CC(=O)Nc1ccc(OCCOCCOCCOc2ccccc2N)cc1. The highest BCUT2D eigenvalue weighted by Gasteiger charge is 1.99. The number of para-hydroxylation sites is 2. The van der Waals surface area contributed by atoms with Crippen molar-refractivity contribution in [2.75, 3.05) is 50.7 Å². The molecule has 0 unspecified atom stereocenters. The van der Waals surface area contributed by atoms with Crippen LogP contribution in [0.15, 0.2) is 48.5 Å². The van der Waals surface area contributed by atoms with Gasteiger partial charge in [-0.2, -0.15) is 0 Å². The minimum atomic E-state index is -0.102. The smallest absolute Gasteiger partial charge is 0.221 e. The number of benzene rings is 2. The van der Waals surface area contributed by atoms with Gasteiger partial charge in [0, 0.05) is 12.6 Å². The second-order valence-corrected chi connectivity index (χ2v) is 5.67. The molecule has 146 valence electrons. The van der Waals surface area contributed by atoms with Gasteiger partial charge in [0.2, 0.25) is 5.91 Å². The molecule has 0 fully saturated rings. The quantitative estimate of drug-likeness (QED) is 0.438. The zero-order valence-corrected chi connectivity index (χ0v) is 15.5. The molecule has 0 heterocycles.